The lowest BCUT2D eigenvalue weighted by atomic mass is 9.93. The first kappa shape index (κ1) is 36.9. The third kappa shape index (κ3) is 6.03. The van der Waals surface area contributed by atoms with Crippen LogP contribution >= 0.6 is 11.6 Å². The molecule has 2 aromatic carbocycles. The number of pyridine rings is 1. The van der Waals surface area contributed by atoms with Gasteiger partial charge in [0.2, 0.25) is 5.91 Å². The summed E-state index contributed by atoms with van der Waals surface area (Å²) >= 11 is 6.55. The Kier molecular flexibility index (Phi) is 8.33. The Morgan fingerprint density at radius 3 is 2.51 bits per heavy atom. The summed E-state index contributed by atoms with van der Waals surface area (Å²) in [4.78, 5) is 19.0. The Morgan fingerprint density at radius 2 is 1.82 bits per heavy atom. The number of aromatic nitrogens is 7. The van der Waals surface area contributed by atoms with Crippen molar-refractivity contribution in [3.05, 3.63) is 112 Å². The summed E-state index contributed by atoms with van der Waals surface area (Å²) in [5, 5.41) is 15.7. The predicted molar refractivity (Wildman–Crippen MR) is 192 cm³/mol. The van der Waals surface area contributed by atoms with E-state index in [1.165, 1.54) is 4.68 Å². The van der Waals surface area contributed by atoms with Gasteiger partial charge in [-0.15, -0.1) is 0 Å². The molecule has 1 saturated carbocycles. The topological polar surface area (TPSA) is 131 Å². The minimum atomic E-state index is -5.10. The summed E-state index contributed by atoms with van der Waals surface area (Å²) in [6.07, 6.45) is -2.07. The van der Waals surface area contributed by atoms with Gasteiger partial charge in [-0.1, -0.05) is 35.9 Å². The first-order chi connectivity index (χ1) is 27.0. The number of carbonyl (C=O) groups excluding carboxylic acids is 1. The molecular formula is C38H29ClF7N9O2. The predicted octanol–water partition coefficient (Wildman–Crippen LogP) is 7.27. The maximum absolute atomic E-state index is 15.6. The number of nitrogens with zero attached hydrogens (tertiary/aromatic N) is 7. The minimum Gasteiger partial charge on any atom is -0.382 e. The Morgan fingerprint density at radius 1 is 1.11 bits per heavy atom. The number of allylic oxidation sites excluding steroid dienone is 1. The van der Waals surface area contributed by atoms with Gasteiger partial charge in [-0.3, -0.25) is 18.8 Å². The molecule has 2 fully saturated rings. The van der Waals surface area contributed by atoms with E-state index < -0.39 is 71.0 Å². The molecule has 1 amide bonds. The summed E-state index contributed by atoms with van der Waals surface area (Å²) in [5.41, 5.74) is 5.46. The number of hydrogen-bond donors (Lipinski definition) is 2. The molecular weight excluding hydrogens is 783 g/mol. The molecule has 294 valence electrons. The van der Waals surface area contributed by atoms with Gasteiger partial charge in [0.15, 0.2) is 11.5 Å². The second-order valence-electron chi connectivity index (χ2n) is 14.4. The molecule has 2 aliphatic carbocycles. The van der Waals surface area contributed by atoms with Gasteiger partial charge < -0.3 is 15.8 Å². The second kappa shape index (κ2) is 12.9. The molecule has 5 heterocycles. The molecule has 3 N–H and O–H groups in total. The number of alkyl halides is 5. The number of nitrogens with one attached hydrogen (secondary N) is 1. The van der Waals surface area contributed by atoms with Crippen molar-refractivity contribution >= 4 is 34.2 Å². The lowest BCUT2D eigenvalue weighted by Gasteiger charge is -2.26. The van der Waals surface area contributed by atoms with Crippen molar-refractivity contribution in [3.8, 4) is 22.4 Å². The van der Waals surface area contributed by atoms with Crippen LogP contribution in [0.2, 0.25) is 5.02 Å². The fourth-order valence-electron chi connectivity index (χ4n) is 8.06. The zero-order valence-corrected chi connectivity index (χ0v) is 30.3. The minimum absolute atomic E-state index is 0.00278. The van der Waals surface area contributed by atoms with Crippen molar-refractivity contribution in [2.75, 3.05) is 18.9 Å². The summed E-state index contributed by atoms with van der Waals surface area (Å²) in [7, 11) is 1.64. The van der Waals surface area contributed by atoms with E-state index in [1.807, 2.05) is 0 Å². The number of hydrogen-bond acceptors (Lipinski definition) is 7. The molecule has 19 heteroatoms. The fraction of sp³-hybridized carbons (Fsp3) is 0.289. The van der Waals surface area contributed by atoms with Crippen LogP contribution in [0.4, 0.5) is 36.6 Å². The lowest BCUT2D eigenvalue weighted by molar-refractivity contribution is -0.142. The van der Waals surface area contributed by atoms with E-state index in [1.54, 1.807) is 48.4 Å². The van der Waals surface area contributed by atoms with Crippen molar-refractivity contribution in [2.45, 2.75) is 43.1 Å². The van der Waals surface area contributed by atoms with E-state index in [0.717, 1.165) is 12.1 Å². The molecule has 9 rings (SSSR count). The van der Waals surface area contributed by atoms with Crippen molar-refractivity contribution < 1.29 is 40.3 Å². The van der Waals surface area contributed by atoms with Gasteiger partial charge in [-0.25, -0.2) is 13.8 Å². The highest BCUT2D eigenvalue weighted by Crippen LogP contribution is 2.71. The van der Waals surface area contributed by atoms with Gasteiger partial charge in [0.1, 0.15) is 23.9 Å². The molecule has 1 saturated heterocycles. The SMILES string of the molecule is C=C1[C@@H]2c3c(C(F)(F)F)nn(CC(=O)N[C@@H](Cc4cc(F)cc(F)c4)c4nc(-c5cnn(C6COC6)c5)ccc4-c4ccc(Cl)c5c(N)nn(C)c45)c3C(F)(F)[C@H]12. The molecule has 4 aromatic heterocycles. The smallest absolute Gasteiger partial charge is 0.382 e. The fourth-order valence-corrected chi connectivity index (χ4v) is 8.31. The number of fused-ring (bicyclic) bond motifs is 4. The van der Waals surface area contributed by atoms with Gasteiger partial charge in [0.05, 0.1) is 64.7 Å². The Bertz CT molecular complexity index is 2640. The molecule has 57 heavy (non-hydrogen) atoms. The molecule has 0 unspecified atom stereocenters. The molecule has 1 aliphatic heterocycles. The molecule has 3 atom stereocenters. The van der Waals surface area contributed by atoms with E-state index in [2.05, 4.69) is 27.2 Å². The average molecular weight is 812 g/mol. The van der Waals surface area contributed by atoms with E-state index in [9.17, 15) is 26.7 Å². The number of benzene rings is 2. The second-order valence-corrected chi connectivity index (χ2v) is 14.8. The van der Waals surface area contributed by atoms with E-state index in [-0.39, 0.29) is 35.1 Å². The first-order valence-corrected chi connectivity index (χ1v) is 17.9. The van der Waals surface area contributed by atoms with Crippen LogP contribution in [0, 0.1) is 17.6 Å². The largest absolute Gasteiger partial charge is 0.435 e. The molecule has 6 aromatic rings. The molecule has 0 radical (unpaired) electrons. The average Bonchev–Trinajstić information content (AvgIpc) is 3.48. The number of carbonyl (C=O) groups is 1. The van der Waals surface area contributed by atoms with Gasteiger partial charge >= 0.3 is 6.18 Å². The standard InChI is InChI=1S/C38H29ClF7N9O2/c1-16-28-30-34(38(44,45)46)51-55(35(30)37(42,43)31(16)28)13-27(56)49-26(9-17-7-19(40)10-20(41)8-17)32-22(23-3-5-24(39)29-33(23)53(2)52-36(29)47)4-6-25(50-32)18-11-48-54(12-18)21-14-57-15-21/h3-8,10-12,21,26,28,31H,1,9,13-15H2,2H3,(H2,47,52)(H,49,56)/t26-,28+,31+/m0/s1. The maximum atomic E-state index is 15.6. The van der Waals surface area contributed by atoms with Crippen LogP contribution in [0.15, 0.2) is 67.0 Å². The van der Waals surface area contributed by atoms with Crippen LogP contribution in [-0.4, -0.2) is 53.4 Å². The van der Waals surface area contributed by atoms with Gasteiger partial charge in [-0.05, 0) is 36.2 Å². The van der Waals surface area contributed by atoms with E-state index in [4.69, 9.17) is 27.1 Å². The highest BCUT2D eigenvalue weighted by molar-refractivity contribution is 6.37. The molecule has 0 spiro atoms. The first-order valence-electron chi connectivity index (χ1n) is 17.5. The lowest BCUT2D eigenvalue weighted by Crippen LogP contribution is -2.35. The maximum Gasteiger partial charge on any atom is 0.435 e. The number of halogens is 8. The van der Waals surface area contributed by atoms with Crippen molar-refractivity contribution in [1.82, 2.24) is 39.6 Å². The Hall–Kier alpha value is -5.75. The number of amides is 1. The van der Waals surface area contributed by atoms with E-state index >= 15 is 8.78 Å². The highest BCUT2D eigenvalue weighted by atomic mass is 35.5. The van der Waals surface area contributed by atoms with Crippen LogP contribution in [0.25, 0.3) is 33.3 Å². The quantitative estimate of drug-likeness (QED) is 0.116. The normalized spacial score (nSPS) is 19.1. The van der Waals surface area contributed by atoms with Crippen LogP contribution in [0.3, 0.4) is 0 Å². The molecule has 3 aliphatic rings. The summed E-state index contributed by atoms with van der Waals surface area (Å²) in [6.45, 7) is 3.39. The number of rotatable bonds is 9. The third-order valence-corrected chi connectivity index (χ3v) is 11.0. The summed E-state index contributed by atoms with van der Waals surface area (Å²) in [5.74, 6) is -9.28. The van der Waals surface area contributed by atoms with Crippen LogP contribution < -0.4 is 11.1 Å². The molecule has 11 nitrogen and oxygen atoms in total. The van der Waals surface area contributed by atoms with Gasteiger partial charge in [-0.2, -0.15) is 37.2 Å². The Balaban J connectivity index is 1.18. The van der Waals surface area contributed by atoms with Crippen molar-refractivity contribution in [1.29, 1.82) is 0 Å². The van der Waals surface area contributed by atoms with Crippen molar-refractivity contribution in [2.24, 2.45) is 13.0 Å². The highest BCUT2D eigenvalue weighted by Gasteiger charge is 2.71. The Labute approximate surface area is 322 Å². The number of nitrogen functional groups attached to an aromatic ring is 1. The van der Waals surface area contributed by atoms with Crippen LogP contribution in [0.1, 0.15) is 46.2 Å². The number of ether oxygens (including phenoxy) is 1. The summed E-state index contributed by atoms with van der Waals surface area (Å²) < 4.78 is 112. The van der Waals surface area contributed by atoms with Gasteiger partial charge in [0.25, 0.3) is 5.92 Å². The van der Waals surface area contributed by atoms with Gasteiger partial charge in [0, 0.05) is 47.5 Å². The number of nitrogens with two attached hydrogens (primary N) is 1. The monoisotopic (exact) mass is 811 g/mol. The zero-order chi connectivity index (χ0) is 40.3. The van der Waals surface area contributed by atoms with Crippen molar-refractivity contribution in [3.63, 3.8) is 0 Å². The molecule has 0 bridgehead atoms. The summed E-state index contributed by atoms with van der Waals surface area (Å²) in [6, 6.07) is 8.16. The van der Waals surface area contributed by atoms with Crippen LogP contribution in [-0.2, 0) is 41.6 Å². The van der Waals surface area contributed by atoms with E-state index in [0.29, 0.717) is 62.3 Å². The van der Waals surface area contributed by atoms with Crippen LogP contribution in [0.5, 0.6) is 0 Å². The number of anilines is 1. The third-order valence-electron chi connectivity index (χ3n) is 10.7. The zero-order valence-electron chi connectivity index (χ0n) is 29.6. The number of aryl methyl sites for hydroxylation is 1.